The summed E-state index contributed by atoms with van der Waals surface area (Å²) < 4.78 is 15.8. The zero-order valence-corrected chi connectivity index (χ0v) is 12.9. The summed E-state index contributed by atoms with van der Waals surface area (Å²) in [6.45, 7) is 0.389. The first-order chi connectivity index (χ1) is 11.7. The molecule has 0 unspecified atom stereocenters. The Balaban J connectivity index is 1.69. The second-order valence-corrected chi connectivity index (χ2v) is 5.02. The first kappa shape index (κ1) is 15.6. The molecule has 0 bridgehead atoms. The van der Waals surface area contributed by atoms with Gasteiger partial charge in [-0.05, 0) is 17.7 Å². The fraction of sp³-hybridized carbons (Fsp3) is 0.111. The van der Waals surface area contributed by atoms with Crippen molar-refractivity contribution < 1.29 is 23.9 Å². The Morgan fingerprint density at radius 3 is 2.46 bits per heavy atom. The number of nitrogens with zero attached hydrogens (tertiary/aromatic N) is 1. The van der Waals surface area contributed by atoms with E-state index in [0.29, 0.717) is 23.8 Å². The molecule has 122 valence electrons. The summed E-state index contributed by atoms with van der Waals surface area (Å²) in [7, 11) is 1.60. The van der Waals surface area contributed by atoms with E-state index in [0.717, 1.165) is 11.1 Å². The highest BCUT2D eigenvalue weighted by Crippen LogP contribution is 2.27. The van der Waals surface area contributed by atoms with Crippen LogP contribution in [0.3, 0.4) is 0 Å². The third-order valence-electron chi connectivity index (χ3n) is 3.43. The second-order valence-electron chi connectivity index (χ2n) is 5.02. The summed E-state index contributed by atoms with van der Waals surface area (Å²) in [4.78, 5) is 10.8. The van der Waals surface area contributed by atoms with Gasteiger partial charge >= 0.3 is 5.97 Å². The Hall–Kier alpha value is -3.28. The number of methoxy groups -OCH3 is 1. The smallest absolute Gasteiger partial charge is 0.374 e. The topological polar surface area (TPSA) is 81.8 Å². The zero-order valence-electron chi connectivity index (χ0n) is 12.9. The van der Waals surface area contributed by atoms with Crippen LogP contribution in [0.1, 0.15) is 16.1 Å². The third kappa shape index (κ3) is 3.38. The van der Waals surface area contributed by atoms with Gasteiger partial charge in [-0.2, -0.15) is 0 Å². The molecular formula is C18H15NO5. The number of carboxylic acid groups (broad SMARTS) is 1. The molecule has 0 spiro atoms. The molecule has 0 aliphatic rings. The minimum absolute atomic E-state index is 0.186. The molecule has 2 aromatic carbocycles. The number of aromatic carboxylic acids is 1. The van der Waals surface area contributed by atoms with Gasteiger partial charge in [-0.25, -0.2) is 4.79 Å². The van der Waals surface area contributed by atoms with Crippen LogP contribution in [-0.2, 0) is 6.61 Å². The number of hydrogen-bond donors (Lipinski definition) is 1. The van der Waals surface area contributed by atoms with Gasteiger partial charge in [-0.3, -0.25) is 0 Å². The second kappa shape index (κ2) is 6.87. The van der Waals surface area contributed by atoms with E-state index in [-0.39, 0.29) is 5.76 Å². The lowest BCUT2D eigenvalue weighted by molar-refractivity contribution is 0.0652. The van der Waals surface area contributed by atoms with Crippen LogP contribution in [0.25, 0.3) is 11.3 Å². The van der Waals surface area contributed by atoms with Gasteiger partial charge < -0.3 is 19.1 Å². The van der Waals surface area contributed by atoms with Crippen molar-refractivity contribution in [3.8, 4) is 22.8 Å². The van der Waals surface area contributed by atoms with E-state index in [9.17, 15) is 4.79 Å². The van der Waals surface area contributed by atoms with Gasteiger partial charge in [-0.1, -0.05) is 41.6 Å². The summed E-state index contributed by atoms with van der Waals surface area (Å²) in [6, 6.07) is 16.3. The van der Waals surface area contributed by atoms with E-state index in [1.807, 2.05) is 48.5 Å². The normalized spacial score (nSPS) is 10.4. The van der Waals surface area contributed by atoms with Crippen molar-refractivity contribution in [1.82, 2.24) is 5.16 Å². The summed E-state index contributed by atoms with van der Waals surface area (Å²) in [5.41, 5.74) is 2.21. The largest absolute Gasteiger partial charge is 0.493 e. The molecule has 0 saturated carbocycles. The van der Waals surface area contributed by atoms with Gasteiger partial charge in [-0.15, -0.1) is 0 Å². The summed E-state index contributed by atoms with van der Waals surface area (Å²) >= 11 is 0. The molecule has 6 nitrogen and oxygen atoms in total. The Kier molecular flexibility index (Phi) is 4.47. The van der Waals surface area contributed by atoms with Crippen molar-refractivity contribution in [2.24, 2.45) is 0 Å². The van der Waals surface area contributed by atoms with Crippen LogP contribution >= 0.6 is 0 Å². The van der Waals surface area contributed by atoms with Crippen LogP contribution in [0.15, 0.2) is 59.1 Å². The molecule has 0 amide bonds. The Bertz CT molecular complexity index is 839. The van der Waals surface area contributed by atoms with E-state index >= 15 is 0 Å². The predicted octanol–water partition coefficient (Wildman–Crippen LogP) is 3.63. The number of hydrogen-bond acceptors (Lipinski definition) is 5. The zero-order chi connectivity index (χ0) is 16.9. The summed E-state index contributed by atoms with van der Waals surface area (Å²) in [6.07, 6.45) is 0. The van der Waals surface area contributed by atoms with Crippen LogP contribution < -0.4 is 9.47 Å². The van der Waals surface area contributed by atoms with Gasteiger partial charge in [0.1, 0.15) is 12.3 Å². The molecule has 0 radical (unpaired) electrons. The maximum atomic E-state index is 10.8. The molecule has 1 heterocycles. The molecule has 0 fully saturated rings. The van der Waals surface area contributed by atoms with E-state index < -0.39 is 5.97 Å². The minimum Gasteiger partial charge on any atom is -0.493 e. The number of rotatable bonds is 6. The van der Waals surface area contributed by atoms with Gasteiger partial charge in [0.05, 0.1) is 7.11 Å². The quantitative estimate of drug-likeness (QED) is 0.745. The molecule has 1 N–H and O–H groups in total. The van der Waals surface area contributed by atoms with Crippen LogP contribution in [0.2, 0.25) is 0 Å². The minimum atomic E-state index is -1.14. The number of benzene rings is 2. The van der Waals surface area contributed by atoms with Gasteiger partial charge in [0.15, 0.2) is 11.5 Å². The number of ether oxygens (including phenoxy) is 2. The van der Waals surface area contributed by atoms with E-state index in [1.54, 1.807) is 7.11 Å². The van der Waals surface area contributed by atoms with Crippen LogP contribution in [0.4, 0.5) is 0 Å². The Morgan fingerprint density at radius 2 is 1.83 bits per heavy atom. The molecular weight excluding hydrogens is 310 g/mol. The Labute approximate surface area is 138 Å². The molecule has 3 rings (SSSR count). The van der Waals surface area contributed by atoms with E-state index in [2.05, 4.69) is 5.16 Å². The average molecular weight is 325 g/mol. The standard InChI is InChI=1S/C18H15NO5/c1-22-15-4-2-3-5-16(15)23-11-12-6-8-13(9-7-12)14-10-17(18(20)21)24-19-14/h2-10H,11H2,1H3,(H,20,21). The van der Waals surface area contributed by atoms with E-state index in [1.165, 1.54) is 6.07 Å². The number of aromatic nitrogens is 1. The Morgan fingerprint density at radius 1 is 1.12 bits per heavy atom. The van der Waals surface area contributed by atoms with E-state index in [4.69, 9.17) is 19.1 Å². The number of para-hydroxylation sites is 2. The molecule has 6 heteroatoms. The van der Waals surface area contributed by atoms with Crippen molar-refractivity contribution in [3.63, 3.8) is 0 Å². The van der Waals surface area contributed by atoms with Gasteiger partial charge in [0, 0.05) is 11.6 Å². The summed E-state index contributed by atoms with van der Waals surface area (Å²) in [5.74, 6) is 0.0220. The SMILES string of the molecule is COc1ccccc1OCc1ccc(-c2cc(C(=O)O)on2)cc1. The molecule has 0 aliphatic heterocycles. The van der Waals surface area contributed by atoms with Crippen molar-refractivity contribution in [2.45, 2.75) is 6.61 Å². The first-order valence-electron chi connectivity index (χ1n) is 7.22. The van der Waals surface area contributed by atoms with Crippen molar-refractivity contribution in [2.75, 3.05) is 7.11 Å². The van der Waals surface area contributed by atoms with Crippen molar-refractivity contribution >= 4 is 5.97 Å². The molecule has 0 saturated heterocycles. The van der Waals surface area contributed by atoms with Gasteiger partial charge in [0.25, 0.3) is 0 Å². The monoisotopic (exact) mass is 325 g/mol. The maximum Gasteiger partial charge on any atom is 0.374 e. The number of carboxylic acids is 1. The third-order valence-corrected chi connectivity index (χ3v) is 3.43. The van der Waals surface area contributed by atoms with Crippen molar-refractivity contribution in [3.05, 3.63) is 65.9 Å². The highest BCUT2D eigenvalue weighted by atomic mass is 16.5. The first-order valence-corrected chi connectivity index (χ1v) is 7.22. The average Bonchev–Trinajstić information content (AvgIpc) is 3.11. The van der Waals surface area contributed by atoms with Crippen LogP contribution in [-0.4, -0.2) is 23.3 Å². The predicted molar refractivity (Wildman–Crippen MR) is 86.2 cm³/mol. The summed E-state index contributed by atoms with van der Waals surface area (Å²) in [5, 5.41) is 12.6. The molecule has 1 aromatic heterocycles. The fourth-order valence-corrected chi connectivity index (χ4v) is 2.18. The lowest BCUT2D eigenvalue weighted by Crippen LogP contribution is -1.97. The highest BCUT2D eigenvalue weighted by Gasteiger charge is 2.12. The van der Waals surface area contributed by atoms with Crippen LogP contribution in [0, 0.1) is 0 Å². The lowest BCUT2D eigenvalue weighted by Gasteiger charge is -2.10. The highest BCUT2D eigenvalue weighted by molar-refractivity contribution is 5.85. The number of carbonyl (C=O) groups is 1. The lowest BCUT2D eigenvalue weighted by atomic mass is 10.1. The maximum absolute atomic E-state index is 10.8. The molecule has 0 atom stereocenters. The molecule has 24 heavy (non-hydrogen) atoms. The van der Waals surface area contributed by atoms with Crippen molar-refractivity contribution in [1.29, 1.82) is 0 Å². The molecule has 0 aliphatic carbocycles. The van der Waals surface area contributed by atoms with Gasteiger partial charge in [0.2, 0.25) is 5.76 Å². The molecule has 3 aromatic rings. The fourth-order valence-electron chi connectivity index (χ4n) is 2.18. The van der Waals surface area contributed by atoms with Crippen LogP contribution in [0.5, 0.6) is 11.5 Å².